The third-order valence-corrected chi connectivity index (χ3v) is 8.34. The van der Waals surface area contributed by atoms with Gasteiger partial charge in [0, 0.05) is 49.1 Å². The van der Waals surface area contributed by atoms with E-state index in [1.807, 2.05) is 4.90 Å². The number of aromatic nitrogens is 2. The van der Waals surface area contributed by atoms with Gasteiger partial charge in [0.05, 0.1) is 0 Å². The van der Waals surface area contributed by atoms with E-state index in [-0.39, 0.29) is 17.7 Å². The molecule has 0 bridgehead atoms. The van der Waals surface area contributed by atoms with E-state index in [0.29, 0.717) is 18.2 Å². The lowest BCUT2D eigenvalue weighted by Crippen LogP contribution is -2.40. The molecule has 0 unspecified atom stereocenters. The van der Waals surface area contributed by atoms with Gasteiger partial charge in [-0.05, 0) is 51.4 Å². The van der Waals surface area contributed by atoms with Crippen LogP contribution in [0.15, 0.2) is 0 Å². The van der Waals surface area contributed by atoms with Gasteiger partial charge >= 0.3 is 0 Å². The normalized spacial score (nSPS) is 25.3. The van der Waals surface area contributed by atoms with E-state index in [0.717, 1.165) is 68.2 Å². The smallest absolute Gasteiger partial charge is 0.228 e. The Hall–Kier alpha value is -1.98. The van der Waals surface area contributed by atoms with Gasteiger partial charge in [-0.25, -0.2) is 9.97 Å². The summed E-state index contributed by atoms with van der Waals surface area (Å²) in [6, 6.07) is 0. The van der Waals surface area contributed by atoms with Gasteiger partial charge in [0.1, 0.15) is 11.6 Å². The Balaban J connectivity index is 1.34. The second-order valence-electron chi connectivity index (χ2n) is 10.6. The highest BCUT2D eigenvalue weighted by Crippen LogP contribution is 2.35. The Kier molecular flexibility index (Phi) is 6.47. The fraction of sp³-hybridized carbons (Fsp3) is 0.769. The third kappa shape index (κ3) is 4.42. The van der Waals surface area contributed by atoms with Crippen molar-refractivity contribution in [2.24, 2.45) is 11.8 Å². The molecule has 2 aliphatic carbocycles. The molecule has 2 aliphatic heterocycles. The highest BCUT2D eigenvalue weighted by molar-refractivity contribution is 5.95. The van der Waals surface area contributed by atoms with Crippen molar-refractivity contribution in [3.63, 3.8) is 0 Å². The minimum atomic E-state index is 0.181. The number of carbonyl (C=O) groups is 2. The minimum Gasteiger partial charge on any atom is -0.342 e. The summed E-state index contributed by atoms with van der Waals surface area (Å²) < 4.78 is 0. The van der Waals surface area contributed by atoms with E-state index in [2.05, 4.69) is 11.8 Å². The van der Waals surface area contributed by atoms with Crippen LogP contribution in [0, 0.1) is 18.8 Å². The number of fused-ring (bicyclic) bond motifs is 1. The summed E-state index contributed by atoms with van der Waals surface area (Å²) in [7, 11) is 0. The maximum absolute atomic E-state index is 13.0. The van der Waals surface area contributed by atoms with Gasteiger partial charge in [0.25, 0.3) is 0 Å². The highest BCUT2D eigenvalue weighted by Gasteiger charge is 2.35. The van der Waals surface area contributed by atoms with Gasteiger partial charge < -0.3 is 4.90 Å². The molecule has 1 atom stereocenters. The summed E-state index contributed by atoms with van der Waals surface area (Å²) in [5, 5.41) is 0. The summed E-state index contributed by atoms with van der Waals surface area (Å²) in [5.41, 5.74) is 2.17. The Morgan fingerprint density at radius 1 is 0.938 bits per heavy atom. The second-order valence-corrected chi connectivity index (χ2v) is 10.6. The van der Waals surface area contributed by atoms with Crippen LogP contribution in [0.5, 0.6) is 0 Å². The van der Waals surface area contributed by atoms with Crippen molar-refractivity contribution in [2.45, 2.75) is 96.3 Å². The number of likely N-dealkylation sites (tertiary alicyclic amines) is 1. The molecule has 32 heavy (non-hydrogen) atoms. The first-order valence-electron chi connectivity index (χ1n) is 13.1. The van der Waals surface area contributed by atoms with Crippen molar-refractivity contribution in [2.75, 3.05) is 24.5 Å². The largest absolute Gasteiger partial charge is 0.342 e. The molecule has 1 aromatic heterocycles. The summed E-state index contributed by atoms with van der Waals surface area (Å²) in [5.74, 6) is 3.25. The van der Waals surface area contributed by atoms with Gasteiger partial charge in [-0.2, -0.15) is 0 Å². The number of amides is 2. The van der Waals surface area contributed by atoms with Crippen LogP contribution < -0.4 is 4.90 Å². The van der Waals surface area contributed by atoms with Crippen molar-refractivity contribution >= 4 is 17.6 Å². The van der Waals surface area contributed by atoms with Crippen LogP contribution in [0.25, 0.3) is 0 Å². The monoisotopic (exact) mass is 438 g/mol. The maximum Gasteiger partial charge on any atom is 0.228 e. The zero-order chi connectivity index (χ0) is 22.1. The lowest BCUT2D eigenvalue weighted by atomic mass is 9.88. The quantitative estimate of drug-likeness (QED) is 0.692. The van der Waals surface area contributed by atoms with Crippen LogP contribution in [0.4, 0.5) is 5.82 Å². The highest BCUT2D eigenvalue weighted by atomic mass is 16.2. The van der Waals surface area contributed by atoms with Crippen LogP contribution in [0.1, 0.15) is 100 Å². The second kappa shape index (κ2) is 9.48. The molecule has 0 radical (unpaired) electrons. The molecular formula is C26H38N4O2. The molecule has 3 heterocycles. The Morgan fingerprint density at radius 2 is 1.66 bits per heavy atom. The predicted octanol–water partition coefficient (Wildman–Crippen LogP) is 4.54. The summed E-state index contributed by atoms with van der Waals surface area (Å²) >= 11 is 0. The first-order chi connectivity index (χ1) is 15.6. The molecule has 6 heteroatoms. The standard InChI is InChI=1S/C26H38N4O2/c1-18-22-12-13-23(31)30(16-19-8-4-2-5-9-19)25(22)28-24(27-18)21-14-15-29(17-21)26(32)20-10-6-3-7-11-20/h19-21H,2-17H2,1H3/t21-/m0/s1. The zero-order valence-electron chi connectivity index (χ0n) is 19.7. The first kappa shape index (κ1) is 21.8. The van der Waals surface area contributed by atoms with Crippen LogP contribution >= 0.6 is 0 Å². The van der Waals surface area contributed by atoms with E-state index in [1.165, 1.54) is 51.4 Å². The zero-order valence-corrected chi connectivity index (χ0v) is 19.7. The van der Waals surface area contributed by atoms with Crippen LogP contribution in [0.2, 0.25) is 0 Å². The van der Waals surface area contributed by atoms with Gasteiger partial charge in [0.2, 0.25) is 11.8 Å². The Labute approximate surface area is 192 Å². The molecule has 5 rings (SSSR count). The lowest BCUT2D eigenvalue weighted by Gasteiger charge is -2.33. The number of rotatable bonds is 4. The first-order valence-corrected chi connectivity index (χ1v) is 13.1. The van der Waals surface area contributed by atoms with Crippen molar-refractivity contribution in [1.29, 1.82) is 0 Å². The summed E-state index contributed by atoms with van der Waals surface area (Å²) in [4.78, 5) is 39.9. The maximum atomic E-state index is 13.0. The molecular weight excluding hydrogens is 400 g/mol. The molecule has 0 spiro atoms. The van der Waals surface area contributed by atoms with Crippen molar-refractivity contribution in [3.8, 4) is 0 Å². The fourth-order valence-electron chi connectivity index (χ4n) is 6.38. The van der Waals surface area contributed by atoms with Crippen LogP contribution in [-0.4, -0.2) is 46.3 Å². The average Bonchev–Trinajstić information content (AvgIpc) is 3.32. The van der Waals surface area contributed by atoms with Gasteiger partial charge in [-0.1, -0.05) is 38.5 Å². The number of hydrogen-bond acceptors (Lipinski definition) is 4. The van der Waals surface area contributed by atoms with Crippen molar-refractivity contribution in [1.82, 2.24) is 14.9 Å². The van der Waals surface area contributed by atoms with Gasteiger partial charge in [0.15, 0.2) is 0 Å². The molecule has 0 aromatic carbocycles. The molecule has 0 N–H and O–H groups in total. The number of aryl methyl sites for hydroxylation is 1. The number of anilines is 1. The third-order valence-electron chi connectivity index (χ3n) is 8.34. The van der Waals surface area contributed by atoms with E-state index in [4.69, 9.17) is 9.97 Å². The Bertz CT molecular complexity index is 858. The number of nitrogens with zero attached hydrogens (tertiary/aromatic N) is 4. The van der Waals surface area contributed by atoms with Gasteiger partial charge in [-0.3, -0.25) is 14.5 Å². The van der Waals surface area contributed by atoms with Crippen LogP contribution in [-0.2, 0) is 16.0 Å². The summed E-state index contributed by atoms with van der Waals surface area (Å²) in [6.45, 7) is 4.41. The fourth-order valence-corrected chi connectivity index (χ4v) is 6.38. The molecule has 174 valence electrons. The molecule has 2 amide bonds. The number of carbonyl (C=O) groups excluding carboxylic acids is 2. The molecule has 6 nitrogen and oxygen atoms in total. The average molecular weight is 439 g/mol. The van der Waals surface area contributed by atoms with Crippen molar-refractivity contribution in [3.05, 3.63) is 17.1 Å². The SMILES string of the molecule is Cc1nc([C@H]2CCN(C(=O)C3CCCCC3)C2)nc2c1CCC(=O)N2CC1CCCCC1. The van der Waals surface area contributed by atoms with Crippen LogP contribution in [0.3, 0.4) is 0 Å². The number of hydrogen-bond donors (Lipinski definition) is 0. The van der Waals surface area contributed by atoms with E-state index in [9.17, 15) is 9.59 Å². The molecule has 2 saturated carbocycles. The minimum absolute atomic E-state index is 0.181. The summed E-state index contributed by atoms with van der Waals surface area (Å²) in [6.07, 6.45) is 14.3. The lowest BCUT2D eigenvalue weighted by molar-refractivity contribution is -0.135. The van der Waals surface area contributed by atoms with E-state index in [1.54, 1.807) is 0 Å². The molecule has 4 aliphatic rings. The Morgan fingerprint density at radius 3 is 2.41 bits per heavy atom. The van der Waals surface area contributed by atoms with E-state index < -0.39 is 0 Å². The molecule has 1 saturated heterocycles. The topological polar surface area (TPSA) is 66.4 Å². The van der Waals surface area contributed by atoms with E-state index >= 15 is 0 Å². The van der Waals surface area contributed by atoms with Gasteiger partial charge in [-0.15, -0.1) is 0 Å². The molecule has 3 fully saturated rings. The predicted molar refractivity (Wildman–Crippen MR) is 125 cm³/mol. The van der Waals surface area contributed by atoms with Crippen molar-refractivity contribution < 1.29 is 9.59 Å². The molecule has 1 aromatic rings.